The van der Waals surface area contributed by atoms with E-state index >= 15 is 0 Å². The molecule has 1 heteroatoms. The normalized spacial score (nSPS) is 46.9. The van der Waals surface area contributed by atoms with Crippen LogP contribution < -0.4 is 0 Å². The van der Waals surface area contributed by atoms with Crippen molar-refractivity contribution in [3.05, 3.63) is 12.2 Å². The third kappa shape index (κ3) is 0.832. The molecule has 2 rings (SSSR count). The van der Waals surface area contributed by atoms with Gasteiger partial charge in [-0.15, -0.1) is 0 Å². The van der Waals surface area contributed by atoms with Crippen molar-refractivity contribution in [2.24, 2.45) is 22.7 Å². The van der Waals surface area contributed by atoms with Crippen molar-refractivity contribution in [1.29, 1.82) is 0 Å². The van der Waals surface area contributed by atoms with Crippen LogP contribution in [-0.2, 0) is 0 Å². The fourth-order valence-corrected chi connectivity index (χ4v) is 2.60. The van der Waals surface area contributed by atoms with Crippen molar-refractivity contribution in [1.82, 2.24) is 0 Å². The molecule has 0 aromatic rings. The molecule has 0 aromatic carbocycles. The van der Waals surface area contributed by atoms with Gasteiger partial charge >= 0.3 is 0 Å². The molecule has 0 aliphatic heterocycles. The molecule has 1 saturated carbocycles. The third-order valence-corrected chi connectivity index (χ3v) is 3.83. The molecule has 2 aliphatic carbocycles. The van der Waals surface area contributed by atoms with Gasteiger partial charge < -0.3 is 5.11 Å². The summed E-state index contributed by atoms with van der Waals surface area (Å²) < 4.78 is 0. The van der Waals surface area contributed by atoms with Gasteiger partial charge in [0.1, 0.15) is 0 Å². The number of aliphatic hydroxyl groups is 1. The van der Waals surface area contributed by atoms with Crippen LogP contribution in [0.4, 0.5) is 0 Å². The second-order valence-corrected chi connectivity index (χ2v) is 5.50. The SMILES string of the molecule is CC1(C)C=C[C@@H]2[C@H]([C@H]1O)C2(C)C. The van der Waals surface area contributed by atoms with Crippen LogP contribution in [0.2, 0.25) is 0 Å². The quantitative estimate of drug-likeness (QED) is 0.547. The van der Waals surface area contributed by atoms with Crippen molar-refractivity contribution in [3.8, 4) is 0 Å². The standard InChI is InChI=1S/C11H18O/c1-10(2)6-5-7-8(9(10)12)11(7,3)4/h5-9,12H,1-4H3/t7-,8-,9-/m1/s1. The predicted octanol–water partition coefficient (Wildman–Crippen LogP) is 2.22. The number of aliphatic hydroxyl groups excluding tert-OH is 1. The molecule has 0 aromatic heterocycles. The molecule has 0 radical (unpaired) electrons. The zero-order chi connectivity index (χ0) is 9.15. The number of allylic oxidation sites excluding steroid dienone is 1. The summed E-state index contributed by atoms with van der Waals surface area (Å²) in [4.78, 5) is 0. The first-order chi connectivity index (χ1) is 5.37. The van der Waals surface area contributed by atoms with Crippen LogP contribution in [-0.4, -0.2) is 11.2 Å². The number of fused-ring (bicyclic) bond motifs is 1. The molecular formula is C11H18O. The Morgan fingerprint density at radius 3 is 2.25 bits per heavy atom. The molecule has 2 aliphatic rings. The highest BCUT2D eigenvalue weighted by Crippen LogP contribution is 2.65. The van der Waals surface area contributed by atoms with Crippen LogP contribution in [0.25, 0.3) is 0 Å². The highest BCUT2D eigenvalue weighted by atomic mass is 16.3. The zero-order valence-corrected chi connectivity index (χ0v) is 8.33. The van der Waals surface area contributed by atoms with E-state index in [0.29, 0.717) is 17.3 Å². The molecular weight excluding hydrogens is 148 g/mol. The van der Waals surface area contributed by atoms with E-state index in [2.05, 4.69) is 39.8 Å². The molecule has 1 N–H and O–H groups in total. The van der Waals surface area contributed by atoms with Gasteiger partial charge in [0.25, 0.3) is 0 Å². The number of hydrogen-bond donors (Lipinski definition) is 1. The maximum atomic E-state index is 10.0. The molecule has 0 heterocycles. The summed E-state index contributed by atoms with van der Waals surface area (Å²) in [5, 5.41) is 10.0. The lowest BCUT2D eigenvalue weighted by Crippen LogP contribution is -2.32. The van der Waals surface area contributed by atoms with E-state index in [0.717, 1.165) is 0 Å². The second-order valence-electron chi connectivity index (χ2n) is 5.50. The summed E-state index contributed by atoms with van der Waals surface area (Å²) in [5.74, 6) is 1.12. The first kappa shape index (κ1) is 8.31. The van der Waals surface area contributed by atoms with Gasteiger partial charge in [0, 0.05) is 5.41 Å². The van der Waals surface area contributed by atoms with E-state index in [1.807, 2.05) is 0 Å². The lowest BCUT2D eigenvalue weighted by molar-refractivity contribution is 0.0455. The summed E-state index contributed by atoms with van der Waals surface area (Å²) in [6.45, 7) is 8.71. The van der Waals surface area contributed by atoms with Gasteiger partial charge in [-0.2, -0.15) is 0 Å². The molecule has 0 bridgehead atoms. The molecule has 0 spiro atoms. The Hall–Kier alpha value is -0.300. The van der Waals surface area contributed by atoms with Gasteiger partial charge in [-0.1, -0.05) is 39.8 Å². The molecule has 1 nitrogen and oxygen atoms in total. The van der Waals surface area contributed by atoms with Crippen LogP contribution in [0.3, 0.4) is 0 Å². The van der Waals surface area contributed by atoms with E-state index < -0.39 is 0 Å². The highest BCUT2D eigenvalue weighted by molar-refractivity contribution is 5.25. The van der Waals surface area contributed by atoms with Crippen molar-refractivity contribution in [2.45, 2.75) is 33.8 Å². The largest absolute Gasteiger partial charge is 0.392 e. The molecule has 0 saturated heterocycles. The predicted molar refractivity (Wildman–Crippen MR) is 49.7 cm³/mol. The Labute approximate surface area is 74.5 Å². The Kier molecular flexibility index (Phi) is 1.35. The lowest BCUT2D eigenvalue weighted by atomic mass is 9.79. The minimum atomic E-state index is -0.150. The minimum absolute atomic E-state index is 0.0189. The van der Waals surface area contributed by atoms with Gasteiger partial charge in [0.2, 0.25) is 0 Å². The number of hydrogen-bond acceptors (Lipinski definition) is 1. The highest BCUT2D eigenvalue weighted by Gasteiger charge is 2.63. The Balaban J connectivity index is 2.29. The second kappa shape index (κ2) is 1.95. The summed E-state index contributed by atoms with van der Waals surface area (Å²) >= 11 is 0. The molecule has 0 amide bonds. The average molecular weight is 166 g/mol. The van der Waals surface area contributed by atoms with Crippen LogP contribution in [0, 0.1) is 22.7 Å². The summed E-state index contributed by atoms with van der Waals surface area (Å²) in [6, 6.07) is 0. The smallest absolute Gasteiger partial charge is 0.0664 e. The Morgan fingerprint density at radius 2 is 1.75 bits per heavy atom. The summed E-state index contributed by atoms with van der Waals surface area (Å²) in [7, 11) is 0. The maximum absolute atomic E-state index is 10.0. The number of rotatable bonds is 0. The molecule has 68 valence electrons. The van der Waals surface area contributed by atoms with Gasteiger partial charge in [-0.3, -0.25) is 0 Å². The van der Waals surface area contributed by atoms with Crippen LogP contribution in [0.1, 0.15) is 27.7 Å². The van der Waals surface area contributed by atoms with Crippen molar-refractivity contribution in [3.63, 3.8) is 0 Å². The summed E-state index contributed by atoms with van der Waals surface area (Å²) in [5.41, 5.74) is 0.318. The first-order valence-electron chi connectivity index (χ1n) is 4.75. The lowest BCUT2D eigenvalue weighted by Gasteiger charge is -2.30. The molecule has 1 fully saturated rings. The zero-order valence-electron chi connectivity index (χ0n) is 8.33. The molecule has 12 heavy (non-hydrogen) atoms. The molecule has 3 atom stereocenters. The van der Waals surface area contributed by atoms with Crippen LogP contribution >= 0.6 is 0 Å². The average Bonchev–Trinajstić information content (AvgIpc) is 2.46. The van der Waals surface area contributed by atoms with E-state index in [-0.39, 0.29) is 11.5 Å². The maximum Gasteiger partial charge on any atom is 0.0664 e. The van der Waals surface area contributed by atoms with Crippen LogP contribution in [0.5, 0.6) is 0 Å². The van der Waals surface area contributed by atoms with E-state index in [4.69, 9.17) is 0 Å². The van der Waals surface area contributed by atoms with E-state index in [1.54, 1.807) is 0 Å². The van der Waals surface area contributed by atoms with Crippen molar-refractivity contribution < 1.29 is 5.11 Å². The summed E-state index contributed by atoms with van der Waals surface area (Å²) in [6.07, 6.45) is 4.31. The topological polar surface area (TPSA) is 20.2 Å². The fourth-order valence-electron chi connectivity index (χ4n) is 2.60. The molecule has 0 unspecified atom stereocenters. The van der Waals surface area contributed by atoms with Crippen LogP contribution in [0.15, 0.2) is 12.2 Å². The van der Waals surface area contributed by atoms with Gasteiger partial charge in [0.05, 0.1) is 6.10 Å². The van der Waals surface area contributed by atoms with E-state index in [1.165, 1.54) is 0 Å². The van der Waals surface area contributed by atoms with Gasteiger partial charge in [-0.25, -0.2) is 0 Å². The third-order valence-electron chi connectivity index (χ3n) is 3.83. The van der Waals surface area contributed by atoms with Crippen molar-refractivity contribution in [2.75, 3.05) is 0 Å². The van der Waals surface area contributed by atoms with E-state index in [9.17, 15) is 5.11 Å². The monoisotopic (exact) mass is 166 g/mol. The minimum Gasteiger partial charge on any atom is -0.392 e. The first-order valence-corrected chi connectivity index (χ1v) is 4.75. The Bertz CT molecular complexity index is 237. The van der Waals surface area contributed by atoms with Gasteiger partial charge in [0.15, 0.2) is 0 Å². The van der Waals surface area contributed by atoms with Crippen molar-refractivity contribution >= 4 is 0 Å². The Morgan fingerprint density at radius 1 is 1.17 bits per heavy atom. The van der Waals surface area contributed by atoms with Gasteiger partial charge in [-0.05, 0) is 17.3 Å². The fraction of sp³-hybridized carbons (Fsp3) is 0.818.